The summed E-state index contributed by atoms with van der Waals surface area (Å²) in [6.07, 6.45) is 3.60. The van der Waals surface area contributed by atoms with Gasteiger partial charge in [-0.05, 0) is 61.4 Å². The molecule has 1 saturated carbocycles. The highest BCUT2D eigenvalue weighted by molar-refractivity contribution is 6.31. The molecule has 5 nitrogen and oxygen atoms in total. The lowest BCUT2D eigenvalue weighted by Gasteiger charge is -2.21. The van der Waals surface area contributed by atoms with Crippen LogP contribution < -0.4 is 10.6 Å². The van der Waals surface area contributed by atoms with Crippen LogP contribution in [0.2, 0.25) is 5.02 Å². The summed E-state index contributed by atoms with van der Waals surface area (Å²) in [4.78, 5) is 27.2. The fourth-order valence-corrected chi connectivity index (χ4v) is 4.78. The van der Waals surface area contributed by atoms with Crippen LogP contribution in [0.5, 0.6) is 0 Å². The minimum atomic E-state index is -0.616. The highest BCUT2D eigenvalue weighted by atomic mass is 35.5. The molecule has 1 aliphatic carbocycles. The van der Waals surface area contributed by atoms with Crippen molar-refractivity contribution < 1.29 is 14.0 Å². The van der Waals surface area contributed by atoms with E-state index in [4.69, 9.17) is 11.6 Å². The summed E-state index contributed by atoms with van der Waals surface area (Å²) in [5.74, 6) is 0.674. The van der Waals surface area contributed by atoms with E-state index in [1.807, 2.05) is 4.90 Å². The largest absolute Gasteiger partial charge is 0.341 e. The van der Waals surface area contributed by atoms with Crippen molar-refractivity contribution in [2.45, 2.75) is 25.3 Å². The Balaban J connectivity index is 1.44. The molecule has 2 aromatic carbocycles. The van der Waals surface area contributed by atoms with Crippen LogP contribution in [-0.2, 0) is 0 Å². The second-order valence-electron chi connectivity index (χ2n) is 8.10. The summed E-state index contributed by atoms with van der Waals surface area (Å²) >= 11 is 6.29. The fourth-order valence-electron chi connectivity index (χ4n) is 4.55. The van der Waals surface area contributed by atoms with Crippen molar-refractivity contribution >= 4 is 29.2 Å². The van der Waals surface area contributed by atoms with Crippen molar-refractivity contribution in [2.75, 3.05) is 18.4 Å². The number of urea groups is 1. The molecule has 0 aromatic heterocycles. The second-order valence-corrected chi connectivity index (χ2v) is 8.51. The van der Waals surface area contributed by atoms with E-state index < -0.39 is 11.9 Å². The molecule has 3 amide bonds. The van der Waals surface area contributed by atoms with Gasteiger partial charge in [-0.2, -0.15) is 0 Å². The normalized spacial score (nSPS) is 23.1. The number of benzene rings is 2. The van der Waals surface area contributed by atoms with Gasteiger partial charge in [-0.3, -0.25) is 4.79 Å². The van der Waals surface area contributed by atoms with Gasteiger partial charge in [0.05, 0.1) is 6.04 Å². The van der Waals surface area contributed by atoms with Crippen molar-refractivity contribution in [1.29, 1.82) is 0 Å². The molecule has 2 heterocycles. The van der Waals surface area contributed by atoms with Gasteiger partial charge in [-0.25, -0.2) is 9.18 Å². The first-order chi connectivity index (χ1) is 14.0. The number of nitrogens with zero attached hydrogens (tertiary/aromatic N) is 1. The SMILES string of the molecule is O=C1NC(c2cc(F)ccc2Cl)c2c(NC(=O)N3CCC(C4CC4)C3)cccc21. The molecule has 1 saturated heterocycles. The van der Waals surface area contributed by atoms with Gasteiger partial charge in [0.25, 0.3) is 5.91 Å². The Labute approximate surface area is 173 Å². The predicted octanol–water partition coefficient (Wildman–Crippen LogP) is 4.58. The standard InChI is InChI=1S/C22H21ClFN3O2/c23-17-7-6-14(24)10-16(17)20-19-15(21(28)26-20)2-1-3-18(19)25-22(29)27-9-8-13(11-27)12-4-5-12/h1-3,6-7,10,12-13,20H,4-5,8-9,11H2,(H,25,29)(H,26,28). The van der Waals surface area contributed by atoms with Crippen LogP contribution in [0.3, 0.4) is 0 Å². The van der Waals surface area contributed by atoms with Gasteiger partial charge in [0.1, 0.15) is 5.82 Å². The van der Waals surface area contributed by atoms with E-state index in [2.05, 4.69) is 10.6 Å². The van der Waals surface area contributed by atoms with Crippen molar-refractivity contribution in [1.82, 2.24) is 10.2 Å². The van der Waals surface area contributed by atoms with E-state index >= 15 is 0 Å². The van der Waals surface area contributed by atoms with E-state index in [0.29, 0.717) is 33.3 Å². The molecule has 2 atom stereocenters. The molecule has 29 heavy (non-hydrogen) atoms. The van der Waals surface area contributed by atoms with Crippen LogP contribution in [0.1, 0.15) is 46.8 Å². The molecule has 2 N–H and O–H groups in total. The van der Waals surface area contributed by atoms with Gasteiger partial charge in [-0.1, -0.05) is 17.7 Å². The summed E-state index contributed by atoms with van der Waals surface area (Å²) in [6, 6.07) is 8.50. The van der Waals surface area contributed by atoms with Gasteiger partial charge >= 0.3 is 6.03 Å². The number of hydrogen-bond acceptors (Lipinski definition) is 2. The maximum Gasteiger partial charge on any atom is 0.321 e. The molecule has 5 rings (SSSR count). The average molecular weight is 414 g/mol. The first-order valence-corrected chi connectivity index (χ1v) is 10.3. The minimum Gasteiger partial charge on any atom is -0.341 e. The predicted molar refractivity (Wildman–Crippen MR) is 109 cm³/mol. The molecule has 2 fully saturated rings. The van der Waals surface area contributed by atoms with Crippen molar-refractivity contribution in [3.8, 4) is 0 Å². The summed E-state index contributed by atoms with van der Waals surface area (Å²) in [5, 5.41) is 6.20. The van der Waals surface area contributed by atoms with Crippen LogP contribution in [0, 0.1) is 17.7 Å². The molecule has 2 unspecified atom stereocenters. The monoisotopic (exact) mass is 413 g/mol. The first kappa shape index (κ1) is 18.4. The Hall–Kier alpha value is -2.60. The quantitative estimate of drug-likeness (QED) is 0.773. The Morgan fingerprint density at radius 1 is 1.17 bits per heavy atom. The van der Waals surface area contributed by atoms with Crippen molar-refractivity contribution in [3.63, 3.8) is 0 Å². The highest BCUT2D eigenvalue weighted by Crippen LogP contribution is 2.42. The zero-order valence-electron chi connectivity index (χ0n) is 15.8. The molecule has 0 bridgehead atoms. The molecule has 7 heteroatoms. The lowest BCUT2D eigenvalue weighted by molar-refractivity contribution is 0.0960. The third-order valence-electron chi connectivity index (χ3n) is 6.23. The summed E-state index contributed by atoms with van der Waals surface area (Å²) in [6.45, 7) is 1.53. The van der Waals surface area contributed by atoms with E-state index in [9.17, 15) is 14.0 Å². The van der Waals surface area contributed by atoms with Gasteiger partial charge in [-0.15, -0.1) is 0 Å². The van der Waals surface area contributed by atoms with Crippen LogP contribution in [0.15, 0.2) is 36.4 Å². The zero-order valence-corrected chi connectivity index (χ0v) is 16.5. The zero-order chi connectivity index (χ0) is 20.1. The number of amides is 3. The summed E-state index contributed by atoms with van der Waals surface area (Å²) in [7, 11) is 0. The molecule has 3 aliphatic rings. The molecular weight excluding hydrogens is 393 g/mol. The van der Waals surface area contributed by atoms with Gasteiger partial charge in [0, 0.05) is 40.5 Å². The minimum absolute atomic E-state index is 0.162. The number of fused-ring (bicyclic) bond motifs is 1. The van der Waals surface area contributed by atoms with E-state index in [-0.39, 0.29) is 11.9 Å². The Bertz CT molecular complexity index is 1010. The number of nitrogens with one attached hydrogen (secondary N) is 2. The molecule has 0 spiro atoms. The Morgan fingerprint density at radius 3 is 2.79 bits per heavy atom. The van der Waals surface area contributed by atoms with Gasteiger partial charge in [0.15, 0.2) is 0 Å². The number of carbonyl (C=O) groups is 2. The van der Waals surface area contributed by atoms with Gasteiger partial charge < -0.3 is 15.5 Å². The molecule has 0 radical (unpaired) electrons. The van der Waals surface area contributed by atoms with E-state index in [0.717, 1.165) is 25.4 Å². The van der Waals surface area contributed by atoms with E-state index in [1.165, 1.54) is 31.0 Å². The molecule has 2 aliphatic heterocycles. The van der Waals surface area contributed by atoms with Crippen LogP contribution >= 0.6 is 11.6 Å². The van der Waals surface area contributed by atoms with Crippen molar-refractivity contribution in [3.05, 3.63) is 63.9 Å². The number of likely N-dealkylation sites (tertiary alicyclic amines) is 1. The van der Waals surface area contributed by atoms with Crippen LogP contribution in [0.4, 0.5) is 14.9 Å². The maximum atomic E-state index is 13.8. The van der Waals surface area contributed by atoms with Crippen LogP contribution in [0.25, 0.3) is 0 Å². The third kappa shape index (κ3) is 3.35. The fraction of sp³-hybridized carbons (Fsp3) is 0.364. The molecular formula is C22H21ClFN3O2. The molecule has 150 valence electrons. The Kier molecular flexibility index (Phi) is 4.46. The lowest BCUT2D eigenvalue weighted by atomic mass is 9.96. The van der Waals surface area contributed by atoms with Crippen molar-refractivity contribution in [2.24, 2.45) is 11.8 Å². The summed E-state index contributed by atoms with van der Waals surface area (Å²) < 4.78 is 13.8. The third-order valence-corrected chi connectivity index (χ3v) is 6.57. The van der Waals surface area contributed by atoms with E-state index in [1.54, 1.807) is 18.2 Å². The Morgan fingerprint density at radius 2 is 2.00 bits per heavy atom. The van der Waals surface area contributed by atoms with Crippen LogP contribution in [-0.4, -0.2) is 29.9 Å². The summed E-state index contributed by atoms with van der Waals surface area (Å²) in [5.41, 5.74) is 2.10. The lowest BCUT2D eigenvalue weighted by Crippen LogP contribution is -2.33. The first-order valence-electron chi connectivity index (χ1n) is 9.96. The maximum absolute atomic E-state index is 13.8. The molecule has 2 aromatic rings. The average Bonchev–Trinajstić information content (AvgIpc) is 3.33. The number of hydrogen-bond donors (Lipinski definition) is 2. The van der Waals surface area contributed by atoms with Gasteiger partial charge in [0.2, 0.25) is 0 Å². The number of anilines is 1. The topological polar surface area (TPSA) is 61.4 Å². The highest BCUT2D eigenvalue weighted by Gasteiger charge is 2.38. The number of rotatable bonds is 3. The number of halogens is 2. The smallest absolute Gasteiger partial charge is 0.321 e. The number of carbonyl (C=O) groups excluding carboxylic acids is 2. The second kappa shape index (κ2) is 7.02.